The van der Waals surface area contributed by atoms with E-state index >= 15 is 0 Å². The van der Waals surface area contributed by atoms with Crippen molar-refractivity contribution < 1.29 is 9.21 Å². The van der Waals surface area contributed by atoms with Gasteiger partial charge in [-0.1, -0.05) is 49.2 Å². The SMILES string of the molecule is Cc1c(C(=O)NC2(CN)CCCC2)oc2c1ccc1ccccc12. The molecule has 24 heavy (non-hydrogen) atoms. The third kappa shape index (κ3) is 2.29. The van der Waals surface area contributed by atoms with Crippen molar-refractivity contribution in [3.05, 3.63) is 47.7 Å². The maximum atomic E-state index is 12.8. The van der Waals surface area contributed by atoms with E-state index in [4.69, 9.17) is 10.2 Å². The van der Waals surface area contributed by atoms with Gasteiger partial charge in [0.15, 0.2) is 5.76 Å². The lowest BCUT2D eigenvalue weighted by Crippen LogP contribution is -2.51. The molecule has 0 radical (unpaired) electrons. The molecule has 1 saturated carbocycles. The van der Waals surface area contributed by atoms with Crippen molar-refractivity contribution in [3.63, 3.8) is 0 Å². The van der Waals surface area contributed by atoms with Crippen molar-refractivity contribution in [2.75, 3.05) is 6.54 Å². The van der Waals surface area contributed by atoms with E-state index in [0.29, 0.717) is 12.3 Å². The molecule has 1 heterocycles. The monoisotopic (exact) mass is 322 g/mol. The average Bonchev–Trinajstić information content (AvgIpc) is 3.20. The highest BCUT2D eigenvalue weighted by molar-refractivity contribution is 6.09. The maximum Gasteiger partial charge on any atom is 0.287 e. The fraction of sp³-hybridized carbons (Fsp3) is 0.350. The van der Waals surface area contributed by atoms with Crippen LogP contribution in [0.5, 0.6) is 0 Å². The summed E-state index contributed by atoms with van der Waals surface area (Å²) in [6, 6.07) is 12.2. The highest BCUT2D eigenvalue weighted by Crippen LogP contribution is 2.33. The molecule has 1 fully saturated rings. The lowest BCUT2D eigenvalue weighted by molar-refractivity contribution is 0.0876. The number of nitrogens with one attached hydrogen (secondary N) is 1. The lowest BCUT2D eigenvalue weighted by atomic mass is 9.97. The summed E-state index contributed by atoms with van der Waals surface area (Å²) < 4.78 is 6.02. The van der Waals surface area contributed by atoms with Gasteiger partial charge in [-0.15, -0.1) is 0 Å². The fourth-order valence-electron chi connectivity index (χ4n) is 3.90. The van der Waals surface area contributed by atoms with Crippen molar-refractivity contribution in [2.45, 2.75) is 38.1 Å². The Hall–Kier alpha value is -2.33. The number of carbonyl (C=O) groups is 1. The molecule has 124 valence electrons. The molecule has 1 aliphatic carbocycles. The van der Waals surface area contributed by atoms with Gasteiger partial charge >= 0.3 is 0 Å². The molecule has 1 aliphatic rings. The quantitative estimate of drug-likeness (QED) is 0.768. The number of hydrogen-bond acceptors (Lipinski definition) is 3. The number of hydrogen-bond donors (Lipinski definition) is 2. The minimum atomic E-state index is -0.273. The molecule has 4 rings (SSSR count). The van der Waals surface area contributed by atoms with Gasteiger partial charge in [-0.2, -0.15) is 0 Å². The number of nitrogens with two attached hydrogens (primary N) is 1. The number of carbonyl (C=O) groups excluding carboxylic acids is 1. The van der Waals surface area contributed by atoms with Crippen LogP contribution < -0.4 is 11.1 Å². The summed E-state index contributed by atoms with van der Waals surface area (Å²) in [6.45, 7) is 2.42. The number of fused-ring (bicyclic) bond motifs is 3. The number of furan rings is 1. The van der Waals surface area contributed by atoms with E-state index in [1.54, 1.807) is 0 Å². The number of rotatable bonds is 3. The van der Waals surface area contributed by atoms with Crippen LogP contribution in [0.25, 0.3) is 21.7 Å². The van der Waals surface area contributed by atoms with E-state index in [0.717, 1.165) is 53.0 Å². The first kappa shape index (κ1) is 15.2. The van der Waals surface area contributed by atoms with Crippen molar-refractivity contribution in [1.82, 2.24) is 5.32 Å². The molecule has 4 heteroatoms. The van der Waals surface area contributed by atoms with Gasteiger partial charge in [0.05, 0.1) is 5.54 Å². The van der Waals surface area contributed by atoms with Crippen molar-refractivity contribution in [2.24, 2.45) is 5.73 Å². The molecule has 2 aromatic carbocycles. The van der Waals surface area contributed by atoms with Gasteiger partial charge in [-0.05, 0) is 25.2 Å². The minimum absolute atomic E-state index is 0.153. The second-order valence-corrected chi connectivity index (χ2v) is 6.87. The molecular weight excluding hydrogens is 300 g/mol. The van der Waals surface area contributed by atoms with Gasteiger partial charge in [0.25, 0.3) is 5.91 Å². The largest absolute Gasteiger partial charge is 0.450 e. The number of amides is 1. The van der Waals surface area contributed by atoms with Crippen LogP contribution in [0.15, 0.2) is 40.8 Å². The van der Waals surface area contributed by atoms with Crippen molar-refractivity contribution in [1.29, 1.82) is 0 Å². The Morgan fingerprint density at radius 3 is 2.67 bits per heavy atom. The molecular formula is C20H22N2O2. The maximum absolute atomic E-state index is 12.8. The van der Waals surface area contributed by atoms with Gasteiger partial charge in [-0.25, -0.2) is 0 Å². The van der Waals surface area contributed by atoms with E-state index in [1.165, 1.54) is 0 Å². The Morgan fingerprint density at radius 2 is 1.92 bits per heavy atom. The highest BCUT2D eigenvalue weighted by atomic mass is 16.3. The second kappa shape index (κ2) is 5.64. The fourth-order valence-corrected chi connectivity index (χ4v) is 3.90. The van der Waals surface area contributed by atoms with E-state index < -0.39 is 0 Å². The summed E-state index contributed by atoms with van der Waals surface area (Å²) in [6.07, 6.45) is 4.11. The van der Waals surface area contributed by atoms with Gasteiger partial charge in [0.2, 0.25) is 0 Å². The van der Waals surface area contributed by atoms with Crippen LogP contribution in [0.4, 0.5) is 0 Å². The number of aryl methyl sites for hydroxylation is 1. The third-order valence-corrected chi connectivity index (χ3v) is 5.36. The molecule has 3 N–H and O–H groups in total. The predicted octanol–water partition coefficient (Wildman–Crippen LogP) is 3.90. The summed E-state index contributed by atoms with van der Waals surface area (Å²) in [5, 5.41) is 6.29. The Bertz CT molecular complexity index is 920. The zero-order valence-corrected chi connectivity index (χ0v) is 13.9. The molecule has 0 saturated heterocycles. The lowest BCUT2D eigenvalue weighted by Gasteiger charge is -2.28. The molecule has 0 unspecified atom stereocenters. The molecule has 0 aliphatic heterocycles. The summed E-state index contributed by atoms with van der Waals surface area (Å²) in [7, 11) is 0. The van der Waals surface area contributed by atoms with Crippen LogP contribution in [0.3, 0.4) is 0 Å². The molecule has 0 bridgehead atoms. The number of benzene rings is 2. The molecule has 4 nitrogen and oxygen atoms in total. The Morgan fingerprint density at radius 1 is 1.17 bits per heavy atom. The predicted molar refractivity (Wildman–Crippen MR) is 96.2 cm³/mol. The van der Waals surface area contributed by atoms with Crippen molar-refractivity contribution >= 4 is 27.6 Å². The smallest absolute Gasteiger partial charge is 0.287 e. The first-order chi connectivity index (χ1) is 11.6. The van der Waals surface area contributed by atoms with Crippen LogP contribution in [-0.2, 0) is 0 Å². The zero-order chi connectivity index (χ0) is 16.7. The highest BCUT2D eigenvalue weighted by Gasteiger charge is 2.35. The van der Waals surface area contributed by atoms with Crippen LogP contribution in [0.2, 0.25) is 0 Å². The molecule has 0 atom stereocenters. The van der Waals surface area contributed by atoms with E-state index in [-0.39, 0.29) is 11.4 Å². The van der Waals surface area contributed by atoms with Gasteiger partial charge in [-0.3, -0.25) is 4.79 Å². The summed E-state index contributed by atoms with van der Waals surface area (Å²) >= 11 is 0. The van der Waals surface area contributed by atoms with Gasteiger partial charge in [0, 0.05) is 22.9 Å². The van der Waals surface area contributed by atoms with Crippen LogP contribution in [0.1, 0.15) is 41.8 Å². The molecule has 3 aromatic rings. The van der Waals surface area contributed by atoms with Crippen LogP contribution in [-0.4, -0.2) is 18.0 Å². The van der Waals surface area contributed by atoms with Gasteiger partial charge < -0.3 is 15.5 Å². The third-order valence-electron chi connectivity index (χ3n) is 5.36. The van der Waals surface area contributed by atoms with E-state index in [2.05, 4.69) is 11.4 Å². The average molecular weight is 322 g/mol. The normalized spacial score (nSPS) is 16.8. The Balaban J connectivity index is 1.78. The first-order valence-electron chi connectivity index (χ1n) is 8.57. The topological polar surface area (TPSA) is 68.3 Å². The molecule has 0 spiro atoms. The standard InChI is InChI=1S/C20H22N2O2/c1-13-15-9-8-14-6-2-3-7-16(14)18(15)24-17(13)19(23)22-20(12-21)10-4-5-11-20/h2-3,6-9H,4-5,10-12,21H2,1H3,(H,22,23). The van der Waals surface area contributed by atoms with E-state index in [9.17, 15) is 4.79 Å². The summed E-state index contributed by atoms with van der Waals surface area (Å²) in [5.74, 6) is 0.251. The van der Waals surface area contributed by atoms with Crippen LogP contribution >= 0.6 is 0 Å². The van der Waals surface area contributed by atoms with Gasteiger partial charge in [0.1, 0.15) is 5.58 Å². The first-order valence-corrected chi connectivity index (χ1v) is 8.57. The zero-order valence-electron chi connectivity index (χ0n) is 13.9. The minimum Gasteiger partial charge on any atom is -0.450 e. The van der Waals surface area contributed by atoms with E-state index in [1.807, 2.05) is 37.3 Å². The van der Waals surface area contributed by atoms with Crippen LogP contribution in [0, 0.1) is 6.92 Å². The summed E-state index contributed by atoms with van der Waals surface area (Å²) in [4.78, 5) is 12.8. The Labute approximate surface area is 141 Å². The Kier molecular flexibility index (Phi) is 3.57. The molecule has 1 amide bonds. The summed E-state index contributed by atoms with van der Waals surface area (Å²) in [5.41, 5.74) is 7.33. The second-order valence-electron chi connectivity index (χ2n) is 6.87. The van der Waals surface area contributed by atoms with Crippen molar-refractivity contribution in [3.8, 4) is 0 Å². The molecule has 1 aromatic heterocycles.